The summed E-state index contributed by atoms with van der Waals surface area (Å²) in [6.07, 6.45) is 3.49. The van der Waals surface area contributed by atoms with Gasteiger partial charge in [0.1, 0.15) is 0 Å². The number of H-pyrrole nitrogens is 1. The van der Waals surface area contributed by atoms with E-state index in [0.29, 0.717) is 25.5 Å². The quantitative estimate of drug-likeness (QED) is 0.602. The van der Waals surface area contributed by atoms with Crippen LogP contribution in [0.5, 0.6) is 0 Å². The molecule has 0 atom stereocenters. The number of aromatic amines is 1. The fourth-order valence-corrected chi connectivity index (χ4v) is 2.07. The maximum atomic E-state index is 6.04. The number of rotatable bonds is 1. The first-order valence-corrected chi connectivity index (χ1v) is 5.55. The highest BCUT2D eigenvalue weighted by Crippen LogP contribution is 2.31. The Kier molecular flexibility index (Phi) is 3.07. The highest BCUT2D eigenvalue weighted by atomic mass is 35.5. The highest BCUT2D eigenvalue weighted by molar-refractivity contribution is 7.71. The molecular weight excluding hydrogens is 275 g/mol. The first-order chi connectivity index (χ1) is 7.09. The van der Waals surface area contributed by atoms with Crippen molar-refractivity contribution in [1.82, 2.24) is 9.55 Å². The normalized spacial score (nSPS) is 10.6. The Morgan fingerprint density at radius 3 is 2.33 bits per heavy atom. The summed E-state index contributed by atoms with van der Waals surface area (Å²) in [4.78, 5) is 2.87. The van der Waals surface area contributed by atoms with Crippen LogP contribution < -0.4 is 0 Å². The van der Waals surface area contributed by atoms with Gasteiger partial charge in [-0.3, -0.25) is 4.57 Å². The van der Waals surface area contributed by atoms with Gasteiger partial charge in [0.05, 0.1) is 20.8 Å². The molecule has 2 nitrogen and oxygen atoms in total. The van der Waals surface area contributed by atoms with Crippen LogP contribution in [0.1, 0.15) is 0 Å². The third-order valence-corrected chi connectivity index (χ3v) is 3.24. The van der Waals surface area contributed by atoms with Crippen LogP contribution >= 0.6 is 47.0 Å². The molecule has 0 aliphatic carbocycles. The molecule has 0 radical (unpaired) electrons. The summed E-state index contributed by atoms with van der Waals surface area (Å²) in [5.74, 6) is 0. The van der Waals surface area contributed by atoms with Gasteiger partial charge in [-0.05, 0) is 24.4 Å². The number of aromatic nitrogens is 2. The molecule has 1 heterocycles. The molecule has 1 N–H and O–H groups in total. The second kappa shape index (κ2) is 4.18. The number of nitrogens with one attached hydrogen (secondary N) is 1. The molecule has 0 spiro atoms. The lowest BCUT2D eigenvalue weighted by atomic mass is 10.3. The molecule has 15 heavy (non-hydrogen) atoms. The zero-order valence-electron chi connectivity index (χ0n) is 7.30. The van der Waals surface area contributed by atoms with Crippen molar-refractivity contribution in [3.05, 3.63) is 44.4 Å². The molecule has 0 amide bonds. The Balaban J connectivity index is 2.69. The van der Waals surface area contributed by atoms with Crippen molar-refractivity contribution in [2.45, 2.75) is 0 Å². The van der Waals surface area contributed by atoms with Crippen molar-refractivity contribution in [3.63, 3.8) is 0 Å². The van der Waals surface area contributed by atoms with Crippen LogP contribution in [0.3, 0.4) is 0 Å². The standard InChI is InChI=1S/C9H5Cl3N2S/c10-5-3-7(12)8(4-6(5)11)14-2-1-13-9(14)15/h1-4H,(H,13,15). The molecule has 1 aromatic heterocycles. The summed E-state index contributed by atoms with van der Waals surface area (Å²) in [7, 11) is 0. The van der Waals surface area contributed by atoms with Crippen molar-refractivity contribution in [2.75, 3.05) is 0 Å². The van der Waals surface area contributed by atoms with Crippen LogP contribution in [0.25, 0.3) is 5.69 Å². The van der Waals surface area contributed by atoms with Crippen LogP contribution in [0.15, 0.2) is 24.5 Å². The molecule has 0 aliphatic rings. The minimum absolute atomic E-state index is 0.424. The smallest absolute Gasteiger partial charge is 0.181 e. The van der Waals surface area contributed by atoms with Gasteiger partial charge in [0.2, 0.25) is 0 Å². The summed E-state index contributed by atoms with van der Waals surface area (Å²) < 4.78 is 2.27. The summed E-state index contributed by atoms with van der Waals surface area (Å²) in [5.41, 5.74) is 0.706. The van der Waals surface area contributed by atoms with Gasteiger partial charge in [-0.25, -0.2) is 0 Å². The lowest BCUT2D eigenvalue weighted by Crippen LogP contribution is -1.93. The molecule has 1 aromatic carbocycles. The Morgan fingerprint density at radius 2 is 1.73 bits per heavy atom. The minimum Gasteiger partial charge on any atom is -0.337 e. The number of halogens is 3. The molecule has 0 bridgehead atoms. The van der Waals surface area contributed by atoms with E-state index in [4.69, 9.17) is 47.0 Å². The van der Waals surface area contributed by atoms with Crippen molar-refractivity contribution in [2.24, 2.45) is 0 Å². The van der Waals surface area contributed by atoms with E-state index in [1.807, 2.05) is 0 Å². The van der Waals surface area contributed by atoms with E-state index in [2.05, 4.69) is 4.98 Å². The average Bonchev–Trinajstić information content (AvgIpc) is 2.58. The first kappa shape index (κ1) is 11.0. The Morgan fingerprint density at radius 1 is 1.07 bits per heavy atom. The second-order valence-electron chi connectivity index (χ2n) is 2.85. The topological polar surface area (TPSA) is 20.7 Å². The van der Waals surface area contributed by atoms with Crippen molar-refractivity contribution in [1.29, 1.82) is 0 Å². The van der Waals surface area contributed by atoms with E-state index in [1.165, 1.54) is 0 Å². The van der Waals surface area contributed by atoms with Gasteiger partial charge in [-0.1, -0.05) is 34.8 Å². The Hall–Kier alpha value is -0.480. The van der Waals surface area contributed by atoms with Gasteiger partial charge >= 0.3 is 0 Å². The lowest BCUT2D eigenvalue weighted by molar-refractivity contribution is 1.03. The minimum atomic E-state index is 0.424. The molecule has 78 valence electrons. The van der Waals surface area contributed by atoms with Crippen LogP contribution in [-0.2, 0) is 0 Å². The summed E-state index contributed by atoms with van der Waals surface area (Å²) >= 11 is 22.9. The molecular formula is C9H5Cl3N2S. The van der Waals surface area contributed by atoms with Gasteiger partial charge < -0.3 is 4.98 Å². The molecule has 2 aromatic rings. The number of hydrogen-bond acceptors (Lipinski definition) is 1. The van der Waals surface area contributed by atoms with Gasteiger partial charge in [0.15, 0.2) is 4.77 Å². The van der Waals surface area contributed by atoms with E-state index in [1.54, 1.807) is 29.1 Å². The average molecular weight is 280 g/mol. The lowest BCUT2D eigenvalue weighted by Gasteiger charge is -2.06. The van der Waals surface area contributed by atoms with E-state index in [-0.39, 0.29) is 0 Å². The van der Waals surface area contributed by atoms with Crippen molar-refractivity contribution < 1.29 is 0 Å². The van der Waals surface area contributed by atoms with Crippen LogP contribution in [0, 0.1) is 4.77 Å². The molecule has 0 saturated carbocycles. The summed E-state index contributed by atoms with van der Waals surface area (Å²) in [6, 6.07) is 3.27. The fourth-order valence-electron chi connectivity index (χ4n) is 1.21. The Labute approximate surface area is 106 Å². The highest BCUT2D eigenvalue weighted by Gasteiger charge is 2.07. The van der Waals surface area contributed by atoms with E-state index >= 15 is 0 Å². The molecule has 0 saturated heterocycles. The van der Waals surface area contributed by atoms with E-state index < -0.39 is 0 Å². The predicted molar refractivity (Wildman–Crippen MR) is 66.0 cm³/mol. The maximum absolute atomic E-state index is 6.04. The first-order valence-electron chi connectivity index (χ1n) is 4.00. The zero-order valence-corrected chi connectivity index (χ0v) is 10.4. The van der Waals surface area contributed by atoms with Crippen LogP contribution in [-0.4, -0.2) is 9.55 Å². The Bertz CT molecular complexity index is 559. The van der Waals surface area contributed by atoms with E-state index in [9.17, 15) is 0 Å². The monoisotopic (exact) mass is 278 g/mol. The largest absolute Gasteiger partial charge is 0.337 e. The third-order valence-electron chi connectivity index (χ3n) is 1.90. The van der Waals surface area contributed by atoms with Gasteiger partial charge in [-0.2, -0.15) is 0 Å². The summed E-state index contributed by atoms with van der Waals surface area (Å²) in [5, 5.41) is 1.37. The summed E-state index contributed by atoms with van der Waals surface area (Å²) in [6.45, 7) is 0. The molecule has 0 fully saturated rings. The SMILES string of the molecule is S=c1[nH]ccn1-c1cc(Cl)c(Cl)cc1Cl. The van der Waals surface area contributed by atoms with Gasteiger partial charge in [-0.15, -0.1) is 0 Å². The van der Waals surface area contributed by atoms with Crippen molar-refractivity contribution in [3.8, 4) is 5.69 Å². The van der Waals surface area contributed by atoms with Gasteiger partial charge in [0, 0.05) is 12.4 Å². The predicted octanol–water partition coefficient (Wildman–Crippen LogP) is 4.50. The molecule has 2 rings (SSSR count). The third kappa shape index (κ3) is 2.06. The van der Waals surface area contributed by atoms with Gasteiger partial charge in [0.25, 0.3) is 0 Å². The van der Waals surface area contributed by atoms with Crippen LogP contribution in [0.4, 0.5) is 0 Å². The molecule has 6 heteroatoms. The number of benzene rings is 1. The van der Waals surface area contributed by atoms with Crippen LogP contribution in [0.2, 0.25) is 15.1 Å². The van der Waals surface area contributed by atoms with Crippen molar-refractivity contribution >= 4 is 47.0 Å². The number of nitrogens with zero attached hydrogens (tertiary/aromatic N) is 1. The zero-order chi connectivity index (χ0) is 11.0. The second-order valence-corrected chi connectivity index (χ2v) is 4.46. The fraction of sp³-hybridized carbons (Fsp3) is 0. The molecule has 0 aliphatic heterocycles. The maximum Gasteiger partial charge on any atom is 0.181 e. The van der Waals surface area contributed by atoms with E-state index in [0.717, 1.165) is 0 Å². The number of hydrogen-bond donors (Lipinski definition) is 1. The number of imidazole rings is 1. The molecule has 0 unspecified atom stereocenters.